The van der Waals surface area contributed by atoms with Gasteiger partial charge in [-0.1, -0.05) is 28.1 Å². The minimum absolute atomic E-state index is 0.0514. The van der Waals surface area contributed by atoms with Crippen molar-refractivity contribution in [2.24, 2.45) is 0 Å². The normalized spacial score (nSPS) is 10.4. The zero-order valence-corrected chi connectivity index (χ0v) is 17.1. The van der Waals surface area contributed by atoms with Crippen LogP contribution in [0.2, 0.25) is 0 Å². The molecule has 28 heavy (non-hydrogen) atoms. The topological polar surface area (TPSA) is 95.5 Å². The Labute approximate surface area is 173 Å². The summed E-state index contributed by atoms with van der Waals surface area (Å²) in [4.78, 5) is 36.0. The Hall–Kier alpha value is -2.97. The number of hydrogen-bond donors (Lipinski definition) is 3. The lowest BCUT2D eigenvalue weighted by molar-refractivity contribution is -0.114. The first-order valence-corrected chi connectivity index (χ1v) is 9.82. The van der Waals surface area contributed by atoms with Gasteiger partial charge in [0, 0.05) is 28.0 Å². The number of carboxylic acid groups (broad SMARTS) is 1. The van der Waals surface area contributed by atoms with Crippen LogP contribution >= 0.6 is 27.3 Å². The van der Waals surface area contributed by atoms with Crippen molar-refractivity contribution in [3.63, 3.8) is 0 Å². The molecule has 0 atom stereocenters. The lowest BCUT2D eigenvalue weighted by atomic mass is 10.1. The molecule has 0 bridgehead atoms. The first-order chi connectivity index (χ1) is 13.3. The second-order valence-corrected chi connectivity index (χ2v) is 7.67. The van der Waals surface area contributed by atoms with Crippen LogP contribution in [0.4, 0.5) is 11.4 Å². The summed E-state index contributed by atoms with van der Waals surface area (Å²) >= 11 is 4.61. The van der Waals surface area contributed by atoms with E-state index >= 15 is 0 Å². The average molecular weight is 459 g/mol. The minimum atomic E-state index is -1.12. The quantitative estimate of drug-likeness (QED) is 0.496. The molecule has 0 radical (unpaired) electrons. The first-order valence-electron chi connectivity index (χ1n) is 8.15. The standard InChI is InChI=1S/C20H15BrN2O4S/c1-11(24)22-15-8-4-13(5-9-15)19(25)23-16-10-28-18(17(16)20(26)27)12-2-6-14(21)7-3-12/h2-10H,1H3,(H,22,24)(H,23,25)(H,26,27). The van der Waals surface area contributed by atoms with E-state index in [1.807, 2.05) is 24.3 Å². The minimum Gasteiger partial charge on any atom is -0.478 e. The van der Waals surface area contributed by atoms with Crippen molar-refractivity contribution < 1.29 is 19.5 Å². The lowest BCUT2D eigenvalue weighted by Crippen LogP contribution is -2.14. The van der Waals surface area contributed by atoms with Crippen LogP contribution in [0.15, 0.2) is 58.4 Å². The third-order valence-electron chi connectivity index (χ3n) is 3.83. The molecule has 0 spiro atoms. The molecule has 6 nitrogen and oxygen atoms in total. The van der Waals surface area contributed by atoms with Gasteiger partial charge >= 0.3 is 5.97 Å². The SMILES string of the molecule is CC(=O)Nc1ccc(C(=O)Nc2csc(-c3ccc(Br)cc3)c2C(=O)O)cc1. The molecule has 2 amide bonds. The van der Waals surface area contributed by atoms with Gasteiger partial charge in [-0.3, -0.25) is 9.59 Å². The van der Waals surface area contributed by atoms with Crippen LogP contribution in [-0.4, -0.2) is 22.9 Å². The molecule has 2 aromatic carbocycles. The Balaban J connectivity index is 1.86. The summed E-state index contributed by atoms with van der Waals surface area (Å²) in [5.41, 5.74) is 1.97. The first kappa shape index (κ1) is 19.8. The molecular formula is C20H15BrN2O4S. The van der Waals surface area contributed by atoms with Gasteiger partial charge in [-0.2, -0.15) is 0 Å². The number of rotatable bonds is 5. The van der Waals surface area contributed by atoms with E-state index in [0.717, 1.165) is 10.0 Å². The number of aromatic carboxylic acids is 1. The third-order valence-corrected chi connectivity index (χ3v) is 5.38. The summed E-state index contributed by atoms with van der Waals surface area (Å²) in [7, 11) is 0. The van der Waals surface area contributed by atoms with Gasteiger partial charge in [-0.05, 0) is 42.0 Å². The zero-order valence-electron chi connectivity index (χ0n) is 14.7. The van der Waals surface area contributed by atoms with E-state index < -0.39 is 11.9 Å². The Morgan fingerprint density at radius 1 is 0.964 bits per heavy atom. The predicted molar refractivity (Wildman–Crippen MR) is 113 cm³/mol. The van der Waals surface area contributed by atoms with Crippen LogP contribution in [0.1, 0.15) is 27.6 Å². The van der Waals surface area contributed by atoms with Gasteiger partial charge in [-0.25, -0.2) is 4.79 Å². The van der Waals surface area contributed by atoms with Crippen LogP contribution < -0.4 is 10.6 Å². The van der Waals surface area contributed by atoms with E-state index in [-0.39, 0.29) is 17.2 Å². The summed E-state index contributed by atoms with van der Waals surface area (Å²) < 4.78 is 0.890. The van der Waals surface area contributed by atoms with Gasteiger partial charge in [0.15, 0.2) is 0 Å². The van der Waals surface area contributed by atoms with Crippen LogP contribution in [0.5, 0.6) is 0 Å². The van der Waals surface area contributed by atoms with Crippen molar-refractivity contribution >= 4 is 56.4 Å². The fourth-order valence-electron chi connectivity index (χ4n) is 2.58. The molecule has 1 heterocycles. The van der Waals surface area contributed by atoms with Crippen LogP contribution in [0.25, 0.3) is 10.4 Å². The number of nitrogens with one attached hydrogen (secondary N) is 2. The number of benzene rings is 2. The van der Waals surface area contributed by atoms with Crippen LogP contribution in [0.3, 0.4) is 0 Å². The molecule has 3 aromatic rings. The van der Waals surface area contributed by atoms with Crippen molar-refractivity contribution in [1.82, 2.24) is 0 Å². The maximum Gasteiger partial charge on any atom is 0.339 e. The van der Waals surface area contributed by atoms with E-state index in [2.05, 4.69) is 26.6 Å². The molecule has 3 rings (SSSR count). The fraction of sp³-hybridized carbons (Fsp3) is 0.0500. The number of hydrogen-bond acceptors (Lipinski definition) is 4. The maximum absolute atomic E-state index is 12.5. The molecular weight excluding hydrogens is 444 g/mol. The van der Waals surface area contributed by atoms with E-state index in [4.69, 9.17) is 0 Å². The van der Waals surface area contributed by atoms with E-state index in [1.54, 1.807) is 29.6 Å². The van der Waals surface area contributed by atoms with Crippen LogP contribution in [0, 0.1) is 0 Å². The molecule has 0 aliphatic heterocycles. The Bertz CT molecular complexity index is 1040. The highest BCUT2D eigenvalue weighted by molar-refractivity contribution is 9.10. The molecule has 0 unspecified atom stereocenters. The Morgan fingerprint density at radius 3 is 2.18 bits per heavy atom. The van der Waals surface area contributed by atoms with Gasteiger partial charge in [-0.15, -0.1) is 11.3 Å². The molecule has 0 fully saturated rings. The molecule has 0 aliphatic rings. The summed E-state index contributed by atoms with van der Waals surface area (Å²) in [5, 5.41) is 16.6. The molecule has 0 saturated heterocycles. The van der Waals surface area contributed by atoms with Crippen molar-refractivity contribution in [2.75, 3.05) is 10.6 Å². The predicted octanol–water partition coefficient (Wildman–Crippen LogP) is 5.09. The van der Waals surface area contributed by atoms with E-state index in [0.29, 0.717) is 16.1 Å². The summed E-state index contributed by atoms with van der Waals surface area (Å²) in [6.07, 6.45) is 0. The zero-order chi connectivity index (χ0) is 20.3. The number of carbonyl (C=O) groups is 3. The highest BCUT2D eigenvalue weighted by atomic mass is 79.9. The summed E-state index contributed by atoms with van der Waals surface area (Å²) in [6, 6.07) is 13.6. The number of amides is 2. The van der Waals surface area contributed by atoms with Crippen LogP contribution in [-0.2, 0) is 4.79 Å². The molecule has 3 N–H and O–H groups in total. The van der Waals surface area contributed by atoms with Crippen molar-refractivity contribution in [1.29, 1.82) is 0 Å². The van der Waals surface area contributed by atoms with Crippen molar-refractivity contribution in [3.8, 4) is 10.4 Å². The highest BCUT2D eigenvalue weighted by Crippen LogP contribution is 2.36. The smallest absolute Gasteiger partial charge is 0.339 e. The largest absolute Gasteiger partial charge is 0.478 e. The fourth-order valence-corrected chi connectivity index (χ4v) is 3.84. The highest BCUT2D eigenvalue weighted by Gasteiger charge is 2.21. The van der Waals surface area contributed by atoms with Gasteiger partial charge in [0.2, 0.25) is 5.91 Å². The number of carbonyl (C=O) groups excluding carboxylic acids is 2. The third kappa shape index (κ3) is 4.47. The summed E-state index contributed by atoms with van der Waals surface area (Å²) in [5.74, 6) is -1.76. The van der Waals surface area contributed by atoms with Gasteiger partial charge in [0.25, 0.3) is 5.91 Å². The molecule has 8 heteroatoms. The molecule has 0 saturated carbocycles. The molecule has 142 valence electrons. The number of anilines is 2. The molecule has 1 aromatic heterocycles. The van der Waals surface area contributed by atoms with Gasteiger partial charge < -0.3 is 15.7 Å². The monoisotopic (exact) mass is 458 g/mol. The maximum atomic E-state index is 12.5. The van der Waals surface area contributed by atoms with Gasteiger partial charge in [0.05, 0.1) is 10.6 Å². The summed E-state index contributed by atoms with van der Waals surface area (Å²) in [6.45, 7) is 1.40. The van der Waals surface area contributed by atoms with E-state index in [9.17, 15) is 19.5 Å². The molecule has 0 aliphatic carbocycles. The second kappa shape index (κ2) is 8.37. The van der Waals surface area contributed by atoms with Gasteiger partial charge in [0.1, 0.15) is 5.56 Å². The lowest BCUT2D eigenvalue weighted by Gasteiger charge is -2.07. The average Bonchev–Trinajstić information content (AvgIpc) is 3.06. The number of thiophene rings is 1. The Morgan fingerprint density at radius 2 is 1.61 bits per heavy atom. The number of carboxylic acids is 1. The van der Waals surface area contributed by atoms with Crippen molar-refractivity contribution in [2.45, 2.75) is 6.92 Å². The van der Waals surface area contributed by atoms with E-state index in [1.165, 1.54) is 18.3 Å². The number of halogens is 1. The second-order valence-electron chi connectivity index (χ2n) is 5.88. The Kier molecular flexibility index (Phi) is 5.91. The van der Waals surface area contributed by atoms with Crippen molar-refractivity contribution in [3.05, 3.63) is 69.5 Å².